The molecule has 2 amide bonds. The van der Waals surface area contributed by atoms with E-state index in [9.17, 15) is 22.8 Å². The molecule has 0 fully saturated rings. The number of nitrogens with two attached hydrogens (primary N) is 1. The first-order chi connectivity index (χ1) is 18.7. The van der Waals surface area contributed by atoms with Crippen LogP contribution in [0.2, 0.25) is 0 Å². The van der Waals surface area contributed by atoms with Gasteiger partial charge in [-0.3, -0.25) is 19.6 Å². The molecule has 1 aliphatic heterocycles. The fourth-order valence-corrected chi connectivity index (χ4v) is 3.42. The largest absolute Gasteiger partial charge is 0.433 e. The van der Waals surface area contributed by atoms with Crippen LogP contribution in [0.15, 0.2) is 95.3 Å². The second-order valence-corrected chi connectivity index (χ2v) is 8.25. The van der Waals surface area contributed by atoms with Gasteiger partial charge in [-0.1, -0.05) is 12.1 Å². The zero-order chi connectivity index (χ0) is 27.8. The molecule has 4 rings (SSSR count). The van der Waals surface area contributed by atoms with E-state index < -0.39 is 17.8 Å². The number of allylic oxidation sites excluding steroid dienone is 2. The molecule has 1 aromatic carbocycles. The molecule has 39 heavy (non-hydrogen) atoms. The Morgan fingerprint density at radius 2 is 1.79 bits per heavy atom. The van der Waals surface area contributed by atoms with Gasteiger partial charge in [0.25, 0.3) is 11.8 Å². The molecule has 0 saturated carbocycles. The maximum atomic E-state index is 13.6. The molecule has 12 heteroatoms. The number of aliphatic imine (C=N–C) groups is 2. The molecule has 0 aliphatic carbocycles. The van der Waals surface area contributed by atoms with E-state index in [0.717, 1.165) is 6.20 Å². The van der Waals surface area contributed by atoms with Crippen LogP contribution >= 0.6 is 0 Å². The van der Waals surface area contributed by atoms with Crippen molar-refractivity contribution in [3.05, 3.63) is 102 Å². The summed E-state index contributed by atoms with van der Waals surface area (Å²) in [6.07, 6.45) is 5.02. The van der Waals surface area contributed by atoms with Crippen LogP contribution in [0, 0.1) is 0 Å². The number of carbonyl (C=O) groups excluding carboxylic acids is 2. The average molecular weight is 534 g/mol. The summed E-state index contributed by atoms with van der Waals surface area (Å²) < 4.78 is 40.7. The highest BCUT2D eigenvalue weighted by atomic mass is 19.4. The Balaban J connectivity index is 1.45. The van der Waals surface area contributed by atoms with Crippen molar-refractivity contribution in [2.75, 3.05) is 11.9 Å². The fourth-order valence-electron chi connectivity index (χ4n) is 3.42. The first-order valence-corrected chi connectivity index (χ1v) is 11.6. The summed E-state index contributed by atoms with van der Waals surface area (Å²) in [5.41, 5.74) is 5.10. The molecule has 2 aromatic heterocycles. The van der Waals surface area contributed by atoms with Gasteiger partial charge in [0.1, 0.15) is 11.5 Å². The molecule has 1 atom stereocenters. The predicted octanol–water partition coefficient (Wildman–Crippen LogP) is 4.10. The highest BCUT2D eigenvalue weighted by Gasteiger charge is 2.34. The van der Waals surface area contributed by atoms with Crippen molar-refractivity contribution in [2.24, 2.45) is 15.7 Å². The number of rotatable bonds is 7. The van der Waals surface area contributed by atoms with Gasteiger partial charge in [-0.15, -0.1) is 0 Å². The summed E-state index contributed by atoms with van der Waals surface area (Å²) in [6.45, 7) is 0.423. The minimum absolute atomic E-state index is 0.0815. The van der Waals surface area contributed by atoms with Crippen LogP contribution in [0.5, 0.6) is 0 Å². The fraction of sp³-hybridized carbons (Fsp3) is 0.111. The van der Waals surface area contributed by atoms with E-state index in [2.05, 4.69) is 30.6 Å². The minimum Gasteiger partial charge on any atom is -0.398 e. The Bertz CT molecular complexity index is 1460. The van der Waals surface area contributed by atoms with Crippen LogP contribution in [0.1, 0.15) is 26.3 Å². The Morgan fingerprint density at radius 3 is 2.44 bits per heavy atom. The third kappa shape index (κ3) is 7.44. The maximum Gasteiger partial charge on any atom is 0.433 e. The van der Waals surface area contributed by atoms with Crippen LogP contribution in [-0.2, 0) is 0 Å². The smallest absolute Gasteiger partial charge is 0.398 e. The molecule has 4 N–H and O–H groups in total. The van der Waals surface area contributed by atoms with E-state index in [0.29, 0.717) is 18.2 Å². The second-order valence-electron chi connectivity index (χ2n) is 8.25. The monoisotopic (exact) mass is 533 g/mol. The van der Waals surface area contributed by atoms with E-state index in [1.807, 2.05) is 6.08 Å². The number of halogens is 3. The van der Waals surface area contributed by atoms with Crippen LogP contribution in [0.4, 0.5) is 24.7 Å². The number of nitrogens with one attached hydrogen (secondary N) is 2. The third-order valence-electron chi connectivity index (χ3n) is 5.36. The molecule has 1 unspecified atom stereocenters. The van der Waals surface area contributed by atoms with Crippen molar-refractivity contribution >= 4 is 40.9 Å². The Morgan fingerprint density at radius 1 is 1.03 bits per heavy atom. The number of pyridine rings is 2. The number of aromatic nitrogens is 2. The molecule has 0 spiro atoms. The lowest BCUT2D eigenvalue weighted by atomic mass is 10.1. The zero-order valence-electron chi connectivity index (χ0n) is 20.3. The molecule has 3 aromatic rings. The Labute approximate surface area is 221 Å². The second kappa shape index (κ2) is 11.9. The molecular weight excluding hydrogens is 511 g/mol. The predicted molar refractivity (Wildman–Crippen MR) is 142 cm³/mol. The number of benzene rings is 1. The molecule has 1 aliphatic rings. The third-order valence-corrected chi connectivity index (χ3v) is 5.36. The lowest BCUT2D eigenvalue weighted by Crippen LogP contribution is -2.36. The number of alkyl halides is 3. The number of carbonyl (C=O) groups is 2. The summed E-state index contributed by atoms with van der Waals surface area (Å²) in [5, 5.41) is 5.36. The van der Waals surface area contributed by atoms with Crippen molar-refractivity contribution in [3.8, 4) is 0 Å². The van der Waals surface area contributed by atoms with Crippen LogP contribution in [0.25, 0.3) is 5.70 Å². The SMILES string of the molecule is NC(=CC(=Nc1ccc(NC(=O)c2cccc(C(=O)NC3C=CC=NC3)c2)nc1)C(F)(F)F)c1cccnc1. The molecule has 0 saturated heterocycles. The summed E-state index contributed by atoms with van der Waals surface area (Å²) in [6, 6.07) is 11.5. The molecule has 198 valence electrons. The van der Waals surface area contributed by atoms with Gasteiger partial charge in [-0.2, -0.15) is 13.2 Å². The van der Waals surface area contributed by atoms with E-state index in [-0.39, 0.29) is 40.3 Å². The van der Waals surface area contributed by atoms with Crippen molar-refractivity contribution in [1.82, 2.24) is 15.3 Å². The number of hydrogen-bond donors (Lipinski definition) is 3. The van der Waals surface area contributed by atoms with Crippen molar-refractivity contribution in [1.29, 1.82) is 0 Å². The van der Waals surface area contributed by atoms with Crippen LogP contribution in [0.3, 0.4) is 0 Å². The highest BCUT2D eigenvalue weighted by molar-refractivity contribution is 6.06. The zero-order valence-corrected chi connectivity index (χ0v) is 20.3. The first kappa shape index (κ1) is 26.9. The minimum atomic E-state index is -4.78. The number of anilines is 1. The van der Waals surface area contributed by atoms with Gasteiger partial charge >= 0.3 is 6.18 Å². The molecule has 0 radical (unpaired) electrons. The summed E-state index contributed by atoms with van der Waals surface area (Å²) in [5.74, 6) is -0.841. The number of nitrogens with zero attached hydrogens (tertiary/aromatic N) is 4. The standard InChI is InChI=1S/C27H22F3N7O2/c28-27(29,30)23(13-22(31)19-6-2-10-32-14-19)35-21-8-9-24(34-16-21)37-26(39)18-5-1-4-17(12-18)25(38)36-20-7-3-11-33-15-20/h1-14,16,20H,15,31H2,(H,36,38)(H,34,37,39). The van der Waals surface area contributed by atoms with Gasteiger partial charge < -0.3 is 16.4 Å². The van der Waals surface area contributed by atoms with E-state index in [1.165, 1.54) is 42.7 Å². The average Bonchev–Trinajstić information content (AvgIpc) is 2.94. The lowest BCUT2D eigenvalue weighted by molar-refractivity contribution is -0.0576. The first-order valence-electron chi connectivity index (χ1n) is 11.6. The van der Waals surface area contributed by atoms with Gasteiger partial charge in [0.15, 0.2) is 0 Å². The molecular formula is C27H22F3N7O2. The number of dihydropyridines is 1. The van der Waals surface area contributed by atoms with Crippen LogP contribution in [-0.4, -0.2) is 52.5 Å². The normalized spacial score (nSPS) is 15.6. The molecule has 3 heterocycles. The number of hydrogen-bond acceptors (Lipinski definition) is 7. The van der Waals surface area contributed by atoms with Gasteiger partial charge in [-0.05, 0) is 54.6 Å². The van der Waals surface area contributed by atoms with Gasteiger partial charge in [0.05, 0.1) is 24.5 Å². The summed E-state index contributed by atoms with van der Waals surface area (Å²) >= 11 is 0. The lowest BCUT2D eigenvalue weighted by Gasteiger charge is -2.15. The van der Waals surface area contributed by atoms with E-state index in [1.54, 1.807) is 30.5 Å². The Hall–Kier alpha value is -5.13. The summed E-state index contributed by atoms with van der Waals surface area (Å²) in [4.78, 5) is 40.8. The topological polar surface area (TPSA) is 135 Å². The van der Waals surface area contributed by atoms with Gasteiger partial charge in [0.2, 0.25) is 0 Å². The van der Waals surface area contributed by atoms with Crippen LogP contribution < -0.4 is 16.4 Å². The van der Waals surface area contributed by atoms with E-state index >= 15 is 0 Å². The quantitative estimate of drug-likeness (QED) is 0.393. The van der Waals surface area contributed by atoms with Crippen molar-refractivity contribution in [2.45, 2.75) is 12.2 Å². The van der Waals surface area contributed by atoms with Gasteiger partial charge in [0, 0.05) is 41.0 Å². The van der Waals surface area contributed by atoms with Gasteiger partial charge in [-0.25, -0.2) is 9.98 Å². The number of amides is 2. The molecule has 0 bridgehead atoms. The van der Waals surface area contributed by atoms with E-state index in [4.69, 9.17) is 5.73 Å². The Kier molecular flexibility index (Phi) is 8.24. The highest BCUT2D eigenvalue weighted by Crippen LogP contribution is 2.24. The summed E-state index contributed by atoms with van der Waals surface area (Å²) in [7, 11) is 0. The van der Waals surface area contributed by atoms with Crippen molar-refractivity contribution in [3.63, 3.8) is 0 Å². The maximum absolute atomic E-state index is 13.6. The molecule has 9 nitrogen and oxygen atoms in total. The van der Waals surface area contributed by atoms with Crippen molar-refractivity contribution < 1.29 is 22.8 Å².